The van der Waals surface area contributed by atoms with Crippen LogP contribution in [0.2, 0.25) is 0 Å². The predicted molar refractivity (Wildman–Crippen MR) is 97.7 cm³/mol. The Bertz CT molecular complexity index is 778. The summed E-state index contributed by atoms with van der Waals surface area (Å²) in [7, 11) is 0. The van der Waals surface area contributed by atoms with Gasteiger partial charge in [0.15, 0.2) is 0 Å². The highest BCUT2D eigenvalue weighted by Crippen LogP contribution is 2.30. The van der Waals surface area contributed by atoms with Crippen LogP contribution in [0.25, 0.3) is 0 Å². The molecule has 9 heteroatoms. The Morgan fingerprint density at radius 1 is 1.36 bits per heavy atom. The van der Waals surface area contributed by atoms with E-state index >= 15 is 0 Å². The summed E-state index contributed by atoms with van der Waals surface area (Å²) in [6.45, 7) is 2.97. The van der Waals surface area contributed by atoms with Crippen LogP contribution in [0.3, 0.4) is 0 Å². The minimum Gasteiger partial charge on any atom is -0.366 e. The van der Waals surface area contributed by atoms with E-state index in [1.54, 1.807) is 16.2 Å². The average molecular weight is 379 g/mol. The lowest BCUT2D eigenvalue weighted by Crippen LogP contribution is -2.31. The lowest BCUT2D eigenvalue weighted by atomic mass is 10.2. The summed E-state index contributed by atoms with van der Waals surface area (Å²) >= 11 is 2.65. The maximum atomic E-state index is 12.4. The molecule has 0 atom stereocenters. The van der Waals surface area contributed by atoms with E-state index in [1.807, 2.05) is 24.4 Å². The maximum absolute atomic E-state index is 12.4. The molecule has 7 nitrogen and oxygen atoms in total. The number of amides is 2. The topological polar surface area (TPSA) is 107 Å². The number of benzene rings is 1. The van der Waals surface area contributed by atoms with Crippen LogP contribution in [-0.4, -0.2) is 33.9 Å². The van der Waals surface area contributed by atoms with Gasteiger partial charge in [-0.1, -0.05) is 6.07 Å². The first kappa shape index (κ1) is 18.9. The van der Waals surface area contributed by atoms with Crippen molar-refractivity contribution in [3.63, 3.8) is 0 Å². The summed E-state index contributed by atoms with van der Waals surface area (Å²) in [6.07, 6.45) is 0. The van der Waals surface area contributed by atoms with Crippen molar-refractivity contribution in [1.29, 1.82) is 0 Å². The van der Waals surface area contributed by atoms with E-state index in [0.29, 0.717) is 18.0 Å². The molecule has 0 spiro atoms. The zero-order valence-corrected chi connectivity index (χ0v) is 15.1. The Morgan fingerprint density at radius 2 is 2.12 bits per heavy atom. The normalized spacial score (nSPS) is 10.4. The maximum Gasteiger partial charge on any atom is 0.283 e. The van der Waals surface area contributed by atoms with E-state index in [9.17, 15) is 19.7 Å². The molecule has 2 N–H and O–H groups in total. The number of rotatable bonds is 8. The van der Waals surface area contributed by atoms with E-state index in [-0.39, 0.29) is 22.9 Å². The molecule has 1 aromatic carbocycles. The summed E-state index contributed by atoms with van der Waals surface area (Å²) < 4.78 is 0. The molecule has 2 aromatic rings. The SMILES string of the molecule is CCN(Cc1cccs1)C(=O)CSc1ccc(C(N)=O)cc1[N+](=O)[O-]. The smallest absolute Gasteiger partial charge is 0.283 e. The summed E-state index contributed by atoms with van der Waals surface area (Å²) in [5, 5.41) is 13.1. The molecule has 25 heavy (non-hydrogen) atoms. The molecule has 0 bridgehead atoms. The molecule has 1 heterocycles. The first-order valence-corrected chi connectivity index (χ1v) is 9.30. The molecule has 1 aromatic heterocycles. The second-order valence-electron chi connectivity index (χ2n) is 5.08. The van der Waals surface area contributed by atoms with Gasteiger partial charge in [-0.25, -0.2) is 0 Å². The lowest BCUT2D eigenvalue weighted by Gasteiger charge is -2.20. The van der Waals surface area contributed by atoms with Crippen molar-refractivity contribution >= 4 is 40.6 Å². The number of primary amides is 1. The van der Waals surface area contributed by atoms with Crippen LogP contribution in [0.1, 0.15) is 22.2 Å². The minimum absolute atomic E-state index is 0.0651. The second-order valence-corrected chi connectivity index (χ2v) is 7.13. The van der Waals surface area contributed by atoms with Gasteiger partial charge in [0.25, 0.3) is 5.69 Å². The third kappa shape index (κ3) is 5.04. The largest absolute Gasteiger partial charge is 0.366 e. The number of carbonyl (C=O) groups is 2. The number of hydrogen-bond acceptors (Lipinski definition) is 6. The molecule has 2 rings (SSSR count). The standard InChI is InChI=1S/C16H17N3O4S2/c1-2-18(9-12-4-3-7-24-12)15(20)10-25-14-6-5-11(16(17)21)8-13(14)19(22)23/h3-8H,2,9-10H2,1H3,(H2,17,21). The van der Waals surface area contributed by atoms with Gasteiger partial charge in [0, 0.05) is 23.1 Å². The van der Waals surface area contributed by atoms with Gasteiger partial charge in [0.05, 0.1) is 22.1 Å². The monoisotopic (exact) mass is 379 g/mol. The number of nitrogens with two attached hydrogens (primary N) is 1. The van der Waals surface area contributed by atoms with Crippen molar-refractivity contribution in [1.82, 2.24) is 4.90 Å². The van der Waals surface area contributed by atoms with Crippen LogP contribution in [0.4, 0.5) is 5.69 Å². The Hall–Kier alpha value is -2.39. The van der Waals surface area contributed by atoms with Gasteiger partial charge in [-0.05, 0) is 30.5 Å². The fraction of sp³-hybridized carbons (Fsp3) is 0.250. The first-order chi connectivity index (χ1) is 11.9. The number of hydrogen-bond donors (Lipinski definition) is 1. The number of nitrogens with zero attached hydrogens (tertiary/aromatic N) is 2. The molecule has 0 aliphatic heterocycles. The lowest BCUT2D eigenvalue weighted by molar-refractivity contribution is -0.387. The molecular weight excluding hydrogens is 362 g/mol. The zero-order chi connectivity index (χ0) is 18.4. The van der Waals surface area contributed by atoms with Crippen LogP contribution in [0, 0.1) is 10.1 Å². The van der Waals surface area contributed by atoms with Gasteiger partial charge in [-0.2, -0.15) is 0 Å². The molecule has 0 radical (unpaired) electrons. The van der Waals surface area contributed by atoms with Gasteiger partial charge < -0.3 is 10.6 Å². The third-order valence-electron chi connectivity index (χ3n) is 3.45. The van der Waals surface area contributed by atoms with E-state index in [1.165, 1.54) is 12.1 Å². The minimum atomic E-state index is -0.733. The van der Waals surface area contributed by atoms with Crippen LogP contribution in [-0.2, 0) is 11.3 Å². The van der Waals surface area contributed by atoms with E-state index in [0.717, 1.165) is 22.7 Å². The van der Waals surface area contributed by atoms with Gasteiger partial charge in [-0.15, -0.1) is 23.1 Å². The Morgan fingerprint density at radius 3 is 2.68 bits per heavy atom. The molecule has 0 fully saturated rings. The molecule has 0 aliphatic carbocycles. The highest BCUT2D eigenvalue weighted by Gasteiger charge is 2.19. The van der Waals surface area contributed by atoms with Crippen molar-refractivity contribution in [2.75, 3.05) is 12.3 Å². The molecule has 0 saturated carbocycles. The van der Waals surface area contributed by atoms with Crippen molar-refractivity contribution in [3.05, 3.63) is 56.3 Å². The van der Waals surface area contributed by atoms with E-state index in [4.69, 9.17) is 5.73 Å². The second kappa shape index (κ2) is 8.63. The molecule has 0 unspecified atom stereocenters. The number of thioether (sulfide) groups is 1. The Labute approximate surface area is 153 Å². The van der Waals surface area contributed by atoms with Crippen molar-refractivity contribution in [2.45, 2.75) is 18.4 Å². The predicted octanol–water partition coefficient (Wildman–Crippen LogP) is 2.90. The summed E-state index contributed by atoms with van der Waals surface area (Å²) in [5.74, 6) is -0.756. The molecule has 2 amide bonds. The summed E-state index contributed by atoms with van der Waals surface area (Å²) in [5.41, 5.74) is 4.99. The number of nitro groups is 1. The van der Waals surface area contributed by atoms with Crippen LogP contribution in [0.5, 0.6) is 0 Å². The number of carbonyl (C=O) groups excluding carboxylic acids is 2. The molecular formula is C16H17N3O4S2. The quantitative estimate of drug-likeness (QED) is 0.431. The number of thiophene rings is 1. The fourth-order valence-corrected chi connectivity index (χ4v) is 3.76. The molecule has 132 valence electrons. The van der Waals surface area contributed by atoms with Crippen LogP contribution in [0.15, 0.2) is 40.6 Å². The van der Waals surface area contributed by atoms with Crippen molar-refractivity contribution in [3.8, 4) is 0 Å². The highest BCUT2D eigenvalue weighted by molar-refractivity contribution is 8.00. The zero-order valence-electron chi connectivity index (χ0n) is 13.5. The summed E-state index contributed by atoms with van der Waals surface area (Å²) in [4.78, 5) is 37.3. The first-order valence-electron chi connectivity index (χ1n) is 7.43. The van der Waals surface area contributed by atoms with Crippen molar-refractivity contribution < 1.29 is 14.5 Å². The van der Waals surface area contributed by atoms with Crippen molar-refractivity contribution in [2.24, 2.45) is 5.73 Å². The molecule has 0 saturated heterocycles. The van der Waals surface area contributed by atoms with Gasteiger partial charge in [0.2, 0.25) is 11.8 Å². The van der Waals surface area contributed by atoms with E-state index in [2.05, 4.69) is 0 Å². The summed E-state index contributed by atoms with van der Waals surface area (Å²) in [6, 6.07) is 7.90. The van der Waals surface area contributed by atoms with Gasteiger partial charge >= 0.3 is 0 Å². The van der Waals surface area contributed by atoms with Crippen LogP contribution >= 0.6 is 23.1 Å². The van der Waals surface area contributed by atoms with Gasteiger partial charge in [-0.3, -0.25) is 19.7 Å². The van der Waals surface area contributed by atoms with E-state index < -0.39 is 10.8 Å². The highest BCUT2D eigenvalue weighted by atomic mass is 32.2. The Kier molecular flexibility index (Phi) is 6.54. The fourth-order valence-electron chi connectivity index (χ4n) is 2.13. The average Bonchev–Trinajstić information content (AvgIpc) is 3.10. The third-order valence-corrected chi connectivity index (χ3v) is 5.36. The van der Waals surface area contributed by atoms with Crippen LogP contribution < -0.4 is 5.73 Å². The molecule has 0 aliphatic rings. The number of nitro benzene ring substituents is 1. The van der Waals surface area contributed by atoms with Gasteiger partial charge in [0.1, 0.15) is 0 Å². The Balaban J connectivity index is 2.07.